The zero-order valence-corrected chi connectivity index (χ0v) is 17.3. The second-order valence-corrected chi connectivity index (χ2v) is 8.41. The number of likely N-dealkylation sites (tertiary alicyclic amines) is 1. The molecule has 2 unspecified atom stereocenters. The van der Waals surface area contributed by atoms with Crippen molar-refractivity contribution in [2.75, 3.05) is 5.32 Å². The molecule has 5 rings (SSSR count). The van der Waals surface area contributed by atoms with Crippen LogP contribution >= 0.6 is 0 Å². The van der Waals surface area contributed by atoms with E-state index in [-0.39, 0.29) is 17.4 Å². The Balaban J connectivity index is 1.46. The molecule has 1 N–H and O–H groups in total. The third-order valence-electron chi connectivity index (χ3n) is 6.09. The highest BCUT2D eigenvalue weighted by molar-refractivity contribution is 5.91. The maximum atomic E-state index is 13.5. The van der Waals surface area contributed by atoms with Gasteiger partial charge in [-0.3, -0.25) is 0 Å². The first-order chi connectivity index (χ1) is 15.2. The molecule has 3 atom stereocenters. The third kappa shape index (κ3) is 3.21. The van der Waals surface area contributed by atoms with Gasteiger partial charge in [0.2, 0.25) is 11.8 Å². The summed E-state index contributed by atoms with van der Waals surface area (Å²) in [4.78, 5) is 15.8. The van der Waals surface area contributed by atoms with Crippen molar-refractivity contribution in [1.82, 2.24) is 30.1 Å². The molecule has 9 nitrogen and oxygen atoms in total. The lowest BCUT2D eigenvalue weighted by Gasteiger charge is -2.61. The van der Waals surface area contributed by atoms with E-state index in [9.17, 15) is 18.0 Å². The van der Waals surface area contributed by atoms with Crippen molar-refractivity contribution in [1.29, 1.82) is 0 Å². The summed E-state index contributed by atoms with van der Waals surface area (Å²) < 4.78 is 46.1. The second-order valence-electron chi connectivity index (χ2n) is 8.41. The van der Waals surface area contributed by atoms with Crippen LogP contribution in [0.15, 0.2) is 35.0 Å². The number of hydrogen-bond acceptors (Lipinski definition) is 6. The van der Waals surface area contributed by atoms with Gasteiger partial charge in [-0.15, -0.1) is 10.2 Å². The van der Waals surface area contributed by atoms with Gasteiger partial charge in [0.1, 0.15) is 5.54 Å². The molecule has 2 fully saturated rings. The smallest absolute Gasteiger partial charge is 0.418 e. The Morgan fingerprint density at radius 3 is 2.62 bits per heavy atom. The normalized spacial score (nSPS) is 24.8. The van der Waals surface area contributed by atoms with Crippen molar-refractivity contribution in [2.45, 2.75) is 50.9 Å². The van der Waals surface area contributed by atoms with Crippen molar-refractivity contribution in [3.8, 4) is 5.69 Å². The Morgan fingerprint density at radius 2 is 1.97 bits per heavy atom. The van der Waals surface area contributed by atoms with Crippen molar-refractivity contribution in [3.63, 3.8) is 0 Å². The summed E-state index contributed by atoms with van der Waals surface area (Å²) in [5.41, 5.74) is -1.68. The van der Waals surface area contributed by atoms with Gasteiger partial charge in [-0.2, -0.15) is 28.2 Å². The van der Waals surface area contributed by atoms with Crippen LogP contribution in [0.4, 0.5) is 23.7 Å². The van der Waals surface area contributed by atoms with Crippen LogP contribution in [0.2, 0.25) is 0 Å². The van der Waals surface area contributed by atoms with E-state index in [0.29, 0.717) is 30.5 Å². The first-order valence-corrected chi connectivity index (χ1v) is 10.2. The number of fused-ring (bicyclic) bond motifs is 2. The summed E-state index contributed by atoms with van der Waals surface area (Å²) in [5, 5.41) is 18.4. The van der Waals surface area contributed by atoms with E-state index >= 15 is 0 Å². The number of piperidine rings is 1. The zero-order valence-electron chi connectivity index (χ0n) is 17.3. The van der Waals surface area contributed by atoms with Gasteiger partial charge in [0, 0.05) is 25.1 Å². The van der Waals surface area contributed by atoms with Gasteiger partial charge in [-0.1, -0.05) is 6.92 Å². The van der Waals surface area contributed by atoms with Crippen LogP contribution in [0.5, 0.6) is 0 Å². The van der Waals surface area contributed by atoms with Crippen molar-refractivity contribution < 1.29 is 22.4 Å². The number of carbonyl (C=O) groups excluding carboxylic acids is 1. The summed E-state index contributed by atoms with van der Waals surface area (Å²) in [7, 11) is 0. The molecule has 3 heterocycles. The standard InChI is InChI=1S/C20H20F3N7O2/c1-11-7-14-10-19(9-11,17-28-27-12(2)32-17)29(14)18(31)26-13-3-4-15(20(21,22)23)16(8-13)30-24-5-6-25-30/h3-6,8,11,14H,7,9-10H2,1-2H3,(H,26,31)/t11-,14?,19?/m0/s1. The average Bonchev–Trinajstić information content (AvgIpc) is 3.38. The molecule has 1 aliphatic carbocycles. The van der Waals surface area contributed by atoms with E-state index in [4.69, 9.17) is 4.42 Å². The first kappa shape index (κ1) is 20.5. The maximum absolute atomic E-state index is 13.5. The van der Waals surface area contributed by atoms with Crippen LogP contribution in [0.1, 0.15) is 43.5 Å². The number of amides is 2. The molecule has 0 spiro atoms. The third-order valence-corrected chi connectivity index (χ3v) is 6.09. The minimum atomic E-state index is -4.60. The number of rotatable bonds is 3. The number of carbonyl (C=O) groups is 1. The molecule has 32 heavy (non-hydrogen) atoms. The molecule has 0 radical (unpaired) electrons. The predicted octanol–water partition coefficient (Wildman–Crippen LogP) is 3.91. The van der Waals surface area contributed by atoms with Crippen LogP contribution in [0.3, 0.4) is 0 Å². The van der Waals surface area contributed by atoms with Crippen LogP contribution in [0.25, 0.3) is 5.69 Å². The summed E-state index contributed by atoms with van der Waals surface area (Å²) in [5.74, 6) is 1.17. The number of aryl methyl sites for hydroxylation is 1. The molecule has 2 aromatic heterocycles. The quantitative estimate of drug-likeness (QED) is 0.653. The fourth-order valence-electron chi connectivity index (χ4n) is 4.97. The van der Waals surface area contributed by atoms with Gasteiger partial charge in [0.25, 0.3) is 0 Å². The molecule has 3 aromatic rings. The Bertz CT molecular complexity index is 1160. The molecule has 2 amide bonds. The predicted molar refractivity (Wildman–Crippen MR) is 105 cm³/mol. The number of benzene rings is 1. The van der Waals surface area contributed by atoms with Gasteiger partial charge in [-0.25, -0.2) is 4.79 Å². The summed E-state index contributed by atoms with van der Waals surface area (Å²) in [6.45, 7) is 3.80. The molecule has 1 aromatic carbocycles. The van der Waals surface area contributed by atoms with E-state index in [2.05, 4.69) is 32.6 Å². The topological polar surface area (TPSA) is 102 Å². The fourth-order valence-corrected chi connectivity index (χ4v) is 4.97. The highest BCUT2D eigenvalue weighted by atomic mass is 19.4. The zero-order chi connectivity index (χ0) is 22.7. The van der Waals surface area contributed by atoms with Crippen LogP contribution in [-0.2, 0) is 11.7 Å². The van der Waals surface area contributed by atoms with Crippen molar-refractivity contribution in [3.05, 3.63) is 47.9 Å². The number of nitrogens with zero attached hydrogens (tertiary/aromatic N) is 6. The highest BCUT2D eigenvalue weighted by Gasteiger charge is 2.62. The maximum Gasteiger partial charge on any atom is 0.418 e. The van der Waals surface area contributed by atoms with Gasteiger partial charge >= 0.3 is 12.2 Å². The van der Waals surface area contributed by atoms with Crippen molar-refractivity contribution in [2.24, 2.45) is 5.92 Å². The summed E-state index contributed by atoms with van der Waals surface area (Å²) >= 11 is 0. The molecule has 12 heteroatoms. The van der Waals surface area contributed by atoms with Gasteiger partial charge in [-0.05, 0) is 37.0 Å². The Morgan fingerprint density at radius 1 is 1.22 bits per heavy atom. The van der Waals surface area contributed by atoms with Crippen LogP contribution in [0, 0.1) is 12.8 Å². The minimum absolute atomic E-state index is 0.00680. The molecular formula is C20H20F3N7O2. The molecule has 1 saturated heterocycles. The lowest BCUT2D eigenvalue weighted by Crippen LogP contribution is -2.70. The van der Waals surface area contributed by atoms with Gasteiger partial charge in [0.05, 0.1) is 23.6 Å². The lowest BCUT2D eigenvalue weighted by molar-refractivity contribution is -0.137. The number of halogens is 3. The van der Waals surface area contributed by atoms with E-state index in [1.807, 2.05) is 0 Å². The summed E-state index contributed by atoms with van der Waals surface area (Å²) in [6.07, 6.45) is 0.178. The average molecular weight is 447 g/mol. The highest BCUT2D eigenvalue weighted by Crippen LogP contribution is 2.55. The number of anilines is 1. The Hall–Kier alpha value is -3.44. The molecule has 168 valence electrons. The largest absolute Gasteiger partial charge is 0.423 e. The number of alkyl halides is 3. The van der Waals surface area contributed by atoms with Crippen LogP contribution in [-0.4, -0.2) is 42.2 Å². The minimum Gasteiger partial charge on any atom is -0.423 e. The van der Waals surface area contributed by atoms with E-state index < -0.39 is 23.3 Å². The molecule has 1 aliphatic heterocycles. The Kier molecular flexibility index (Phi) is 4.50. The van der Waals surface area contributed by atoms with Crippen LogP contribution < -0.4 is 5.32 Å². The Labute approximate surface area is 180 Å². The fraction of sp³-hybridized carbons (Fsp3) is 0.450. The molecule has 1 saturated carbocycles. The monoisotopic (exact) mass is 447 g/mol. The van der Waals surface area contributed by atoms with Gasteiger partial charge < -0.3 is 14.6 Å². The number of urea groups is 1. The number of nitrogens with one attached hydrogen (secondary N) is 1. The van der Waals surface area contributed by atoms with E-state index in [0.717, 1.165) is 17.3 Å². The summed E-state index contributed by atoms with van der Waals surface area (Å²) in [6, 6.07) is 2.90. The lowest BCUT2D eigenvalue weighted by atomic mass is 9.64. The van der Waals surface area contributed by atoms with Gasteiger partial charge in [0.15, 0.2) is 0 Å². The van der Waals surface area contributed by atoms with E-state index in [1.165, 1.54) is 24.5 Å². The number of hydrogen-bond donors (Lipinski definition) is 1. The SMILES string of the molecule is Cc1nnc(C23CC(C[C@H](C)C2)N3C(=O)Nc2ccc(C(F)(F)F)c(-n3nccn3)c2)o1. The molecular weight excluding hydrogens is 427 g/mol. The van der Waals surface area contributed by atoms with Crippen molar-refractivity contribution >= 4 is 11.7 Å². The first-order valence-electron chi connectivity index (χ1n) is 10.2. The molecule has 2 aliphatic rings. The van der Waals surface area contributed by atoms with E-state index in [1.54, 1.807) is 11.8 Å². The number of aromatic nitrogens is 5. The molecule has 2 bridgehead atoms. The second kappa shape index (κ2) is 7.04.